The molecule has 33 heavy (non-hydrogen) atoms. The normalized spacial score (nSPS) is 38.2. The molecule has 0 radical (unpaired) electrons. The highest BCUT2D eigenvalue weighted by Crippen LogP contribution is 2.76. The first-order valence-electron chi connectivity index (χ1n) is 11.1. The van der Waals surface area contributed by atoms with Gasteiger partial charge < -0.3 is 19.5 Å². The van der Waals surface area contributed by atoms with Gasteiger partial charge in [0.05, 0.1) is 24.6 Å². The van der Waals surface area contributed by atoms with Crippen molar-refractivity contribution in [2.75, 3.05) is 5.73 Å². The van der Waals surface area contributed by atoms with Crippen molar-refractivity contribution in [3.8, 4) is 0 Å². The van der Waals surface area contributed by atoms with Crippen LogP contribution < -0.4 is 5.73 Å². The Balaban J connectivity index is 0.00000259. The number of fused-ring (bicyclic) bond motifs is 2. The summed E-state index contributed by atoms with van der Waals surface area (Å²) in [5.74, 6) is 0.864. The van der Waals surface area contributed by atoms with Crippen LogP contribution in [0.2, 0.25) is 0 Å². The maximum Gasteiger partial charge on any atom is 0.248 e. The zero-order valence-electron chi connectivity index (χ0n) is 19.1. The Morgan fingerprint density at radius 2 is 2.21 bits per heavy atom. The van der Waals surface area contributed by atoms with Crippen LogP contribution in [0.15, 0.2) is 24.8 Å². The molecule has 2 N–H and O–H groups in total. The summed E-state index contributed by atoms with van der Waals surface area (Å²) >= 11 is 7.78. The largest absolute Gasteiger partial charge is 0.382 e. The fourth-order valence-corrected chi connectivity index (χ4v) is 12.6. The van der Waals surface area contributed by atoms with Crippen molar-refractivity contribution in [2.45, 2.75) is 82.2 Å². The maximum atomic E-state index is 6.61. The van der Waals surface area contributed by atoms with Crippen LogP contribution in [0.1, 0.15) is 59.1 Å². The first-order valence-corrected chi connectivity index (χ1v) is 15.2. The Kier molecular flexibility index (Phi) is 7.25. The lowest BCUT2D eigenvalue weighted by atomic mass is 9.77. The number of rotatable bonds is 5. The van der Waals surface area contributed by atoms with Gasteiger partial charge >= 0.3 is 0 Å². The molecule has 1 aliphatic carbocycles. The van der Waals surface area contributed by atoms with Crippen molar-refractivity contribution in [2.24, 2.45) is 5.92 Å². The second-order valence-corrected chi connectivity index (χ2v) is 15.8. The Morgan fingerprint density at radius 3 is 2.94 bits per heavy atom. The van der Waals surface area contributed by atoms with E-state index in [9.17, 15) is 0 Å². The number of aromatic nitrogens is 4. The number of ether oxygens (including phenoxy) is 1. The van der Waals surface area contributed by atoms with Gasteiger partial charge in [0.1, 0.15) is 18.1 Å². The van der Waals surface area contributed by atoms with Crippen LogP contribution in [0.25, 0.3) is 11.2 Å². The summed E-state index contributed by atoms with van der Waals surface area (Å²) in [4.78, 5) is 12.8. The molecular formula is C21H32N5O3PS3. The molecule has 0 aromatic carbocycles. The Hall–Kier alpha value is -0.680. The van der Waals surface area contributed by atoms with Crippen LogP contribution in [-0.2, 0) is 25.6 Å². The number of nitrogens with zero attached hydrogens (tertiary/aromatic N) is 4. The number of allylic oxidation sites excluding steroid dienone is 1. The second-order valence-electron chi connectivity index (χ2n) is 9.26. The van der Waals surface area contributed by atoms with E-state index in [0.717, 1.165) is 25.7 Å². The topological polar surface area (TPSA) is 97.3 Å². The standard InChI is InChI=1S/C21H30N5O3PS2.H2S/c1-5-14-15(9-17(27-14)26-11-25-18-19(22)23-10-24-20(18)26)28-30(31)29-16-8-13(12(2)3)6-7-21(16,4)32-30;/h10-11,13-17H,2,5-9H2,1,3-4H3,(H2,22,23,24);1H2/t13-,14-,15+,16+,17-,21+,30+;/m1./s1. The second kappa shape index (κ2) is 9.41. The summed E-state index contributed by atoms with van der Waals surface area (Å²) in [5.41, 5.74) is 5.94. The number of nitrogens with two attached hydrogens (primary N) is 1. The molecule has 4 heterocycles. The highest BCUT2D eigenvalue weighted by molar-refractivity contribution is 8.68. The Morgan fingerprint density at radius 1 is 1.42 bits per heavy atom. The predicted octanol–water partition coefficient (Wildman–Crippen LogP) is 5.10. The van der Waals surface area contributed by atoms with Crippen LogP contribution in [0.3, 0.4) is 0 Å². The molecule has 2 aliphatic heterocycles. The van der Waals surface area contributed by atoms with E-state index in [0.29, 0.717) is 29.3 Å². The van der Waals surface area contributed by atoms with Gasteiger partial charge in [0.2, 0.25) is 5.69 Å². The zero-order valence-corrected chi connectivity index (χ0v) is 22.7. The van der Waals surface area contributed by atoms with Crippen molar-refractivity contribution in [3.05, 3.63) is 24.8 Å². The minimum absolute atomic E-state index is 0. The van der Waals surface area contributed by atoms with E-state index >= 15 is 0 Å². The molecule has 0 unspecified atom stereocenters. The van der Waals surface area contributed by atoms with Crippen molar-refractivity contribution < 1.29 is 13.8 Å². The van der Waals surface area contributed by atoms with Gasteiger partial charge in [-0.25, -0.2) is 15.0 Å². The van der Waals surface area contributed by atoms with Crippen molar-refractivity contribution >= 4 is 59.4 Å². The van der Waals surface area contributed by atoms with Gasteiger partial charge in [0.25, 0.3) is 0 Å². The van der Waals surface area contributed by atoms with Crippen LogP contribution in [0.5, 0.6) is 0 Å². The molecule has 1 saturated carbocycles. The zero-order chi connectivity index (χ0) is 22.7. The van der Waals surface area contributed by atoms with Crippen LogP contribution in [0, 0.1) is 5.92 Å². The van der Waals surface area contributed by atoms with Gasteiger partial charge in [-0.15, -0.1) is 0 Å². The van der Waals surface area contributed by atoms with Crippen LogP contribution in [-0.4, -0.2) is 42.6 Å². The molecule has 0 amide bonds. The van der Waals surface area contributed by atoms with Gasteiger partial charge in [-0.05, 0) is 57.3 Å². The van der Waals surface area contributed by atoms with Crippen molar-refractivity contribution in [1.82, 2.24) is 19.5 Å². The monoisotopic (exact) mass is 529 g/mol. The number of imidazole rings is 1. The molecule has 7 atom stereocenters. The predicted molar refractivity (Wildman–Crippen MR) is 141 cm³/mol. The van der Waals surface area contributed by atoms with Gasteiger partial charge in [-0.2, -0.15) is 13.5 Å². The first kappa shape index (κ1) is 25.4. The molecule has 0 spiro atoms. The third-order valence-corrected chi connectivity index (χ3v) is 12.8. The fourth-order valence-electron chi connectivity index (χ4n) is 5.02. The molecule has 182 valence electrons. The van der Waals surface area contributed by atoms with E-state index < -0.39 is 5.69 Å². The van der Waals surface area contributed by atoms with E-state index in [4.69, 9.17) is 31.3 Å². The summed E-state index contributed by atoms with van der Waals surface area (Å²) < 4.78 is 21.4. The van der Waals surface area contributed by atoms with Crippen molar-refractivity contribution in [3.63, 3.8) is 0 Å². The van der Waals surface area contributed by atoms with E-state index in [1.54, 1.807) is 17.7 Å². The molecule has 0 bridgehead atoms. The molecular weight excluding hydrogens is 497 g/mol. The molecule has 12 heteroatoms. The van der Waals surface area contributed by atoms with Gasteiger partial charge in [0.15, 0.2) is 11.5 Å². The van der Waals surface area contributed by atoms with E-state index in [1.807, 2.05) is 4.57 Å². The molecule has 2 aromatic rings. The number of nitrogen functional groups attached to an aromatic ring is 1. The van der Waals surface area contributed by atoms with Gasteiger partial charge in [0, 0.05) is 11.2 Å². The van der Waals surface area contributed by atoms with Crippen LogP contribution >= 0.6 is 30.6 Å². The van der Waals surface area contributed by atoms with E-state index in [1.165, 1.54) is 11.9 Å². The van der Waals surface area contributed by atoms with E-state index in [-0.39, 0.29) is 42.8 Å². The third-order valence-electron chi connectivity index (χ3n) is 6.99. The number of hydrogen-bond acceptors (Lipinski definition) is 9. The quantitative estimate of drug-likeness (QED) is 0.419. The van der Waals surface area contributed by atoms with Gasteiger partial charge in [-0.1, -0.05) is 30.5 Å². The molecule has 2 aromatic heterocycles. The number of hydrogen-bond donors (Lipinski definition) is 1. The average molecular weight is 530 g/mol. The van der Waals surface area contributed by atoms with Gasteiger partial charge in [-0.3, -0.25) is 4.57 Å². The molecule has 3 fully saturated rings. The molecule has 3 aliphatic rings. The minimum Gasteiger partial charge on any atom is -0.382 e. The summed E-state index contributed by atoms with van der Waals surface area (Å²) in [6.45, 7) is 10.7. The lowest BCUT2D eigenvalue weighted by molar-refractivity contribution is -0.0151. The third kappa shape index (κ3) is 4.62. The molecule has 8 nitrogen and oxygen atoms in total. The van der Waals surface area contributed by atoms with Crippen molar-refractivity contribution in [1.29, 1.82) is 0 Å². The Labute approximate surface area is 210 Å². The summed E-state index contributed by atoms with van der Waals surface area (Å²) in [6.07, 6.45) is 7.49. The van der Waals surface area contributed by atoms with Crippen LogP contribution in [0.4, 0.5) is 5.82 Å². The first-order chi connectivity index (χ1) is 15.2. The average Bonchev–Trinajstić information content (AvgIpc) is 3.40. The van der Waals surface area contributed by atoms with E-state index in [2.05, 4.69) is 42.3 Å². The minimum atomic E-state index is -2.49. The molecule has 5 rings (SSSR count). The smallest absolute Gasteiger partial charge is 0.248 e. The highest BCUT2D eigenvalue weighted by Gasteiger charge is 2.54. The Bertz CT molecular complexity index is 1100. The summed E-state index contributed by atoms with van der Waals surface area (Å²) in [7, 11) is 0. The lowest BCUT2D eigenvalue weighted by Crippen LogP contribution is -2.39. The summed E-state index contributed by atoms with van der Waals surface area (Å²) in [5, 5.41) is 0. The molecule has 2 saturated heterocycles. The maximum absolute atomic E-state index is 6.61. The summed E-state index contributed by atoms with van der Waals surface area (Å²) in [6, 6.07) is 0. The number of anilines is 1. The lowest BCUT2D eigenvalue weighted by Gasteiger charge is -2.37. The fraction of sp³-hybridized carbons (Fsp3) is 0.667. The SMILES string of the molecule is C=C(C)[C@@H]1CC[C@]2(C)S[P@@](=S)(O[C@H]3C[C@H](n4cnc5c(N)ncnc54)O[C@@H]3CC)O[C@H]2C1.S. The highest BCUT2D eigenvalue weighted by atomic mass is 32.9.